The average Bonchev–Trinajstić information content (AvgIpc) is 2.71. The van der Waals surface area contributed by atoms with Gasteiger partial charge in [-0.1, -0.05) is 19.9 Å². The van der Waals surface area contributed by atoms with Crippen molar-refractivity contribution in [1.29, 1.82) is 0 Å². The summed E-state index contributed by atoms with van der Waals surface area (Å²) in [6, 6.07) is 2.84. The average molecular weight is 190 g/mol. The van der Waals surface area contributed by atoms with Gasteiger partial charge in [0.15, 0.2) is 0 Å². The van der Waals surface area contributed by atoms with E-state index in [0.717, 1.165) is 6.54 Å². The molecule has 1 fully saturated rings. The lowest BCUT2D eigenvalue weighted by Gasteiger charge is -2.12. The van der Waals surface area contributed by atoms with E-state index in [0.29, 0.717) is 12.0 Å². The molecule has 1 N–H and O–H groups in total. The summed E-state index contributed by atoms with van der Waals surface area (Å²) in [4.78, 5) is 4.31. The van der Waals surface area contributed by atoms with Crippen LogP contribution in [0.3, 0.4) is 0 Å². The molecule has 0 saturated carbocycles. The van der Waals surface area contributed by atoms with Gasteiger partial charge in [0.05, 0.1) is 0 Å². The first kappa shape index (κ1) is 9.66. The highest BCUT2D eigenvalue weighted by atomic mass is 14.9. The molecule has 1 atom stereocenters. The maximum atomic E-state index is 4.31. The highest BCUT2D eigenvalue weighted by Crippen LogP contribution is 2.24. The zero-order valence-electron chi connectivity index (χ0n) is 8.96. The van der Waals surface area contributed by atoms with Crippen LogP contribution < -0.4 is 5.32 Å². The second-order valence-electron chi connectivity index (χ2n) is 4.36. The lowest BCUT2D eigenvalue weighted by atomic mass is 10.0. The molecule has 0 radical (unpaired) electrons. The van der Waals surface area contributed by atoms with Crippen molar-refractivity contribution < 1.29 is 0 Å². The molecule has 1 aromatic heterocycles. The molecule has 0 aromatic carbocycles. The van der Waals surface area contributed by atoms with E-state index in [1.807, 2.05) is 12.4 Å². The number of aromatic nitrogens is 1. The van der Waals surface area contributed by atoms with Crippen LogP contribution in [0.5, 0.6) is 0 Å². The summed E-state index contributed by atoms with van der Waals surface area (Å²) in [6.07, 6.45) is 6.51. The first-order valence-corrected chi connectivity index (χ1v) is 5.45. The largest absolute Gasteiger partial charge is 0.310 e. The Morgan fingerprint density at radius 2 is 2.29 bits per heavy atom. The van der Waals surface area contributed by atoms with Crippen LogP contribution in [-0.2, 0) is 0 Å². The SMILES string of the molecule is CC(C)c1cncc(C2CCCN2)c1. The molecular weight excluding hydrogens is 172 g/mol. The fourth-order valence-corrected chi connectivity index (χ4v) is 1.95. The van der Waals surface area contributed by atoms with Gasteiger partial charge in [0, 0.05) is 18.4 Å². The lowest BCUT2D eigenvalue weighted by Crippen LogP contribution is -2.13. The Morgan fingerprint density at radius 3 is 2.93 bits per heavy atom. The van der Waals surface area contributed by atoms with Crippen molar-refractivity contribution in [2.45, 2.75) is 38.6 Å². The summed E-state index contributed by atoms with van der Waals surface area (Å²) in [6.45, 7) is 5.57. The van der Waals surface area contributed by atoms with E-state index in [1.54, 1.807) is 0 Å². The zero-order chi connectivity index (χ0) is 9.97. The van der Waals surface area contributed by atoms with E-state index in [1.165, 1.54) is 24.0 Å². The lowest BCUT2D eigenvalue weighted by molar-refractivity contribution is 0.642. The number of nitrogens with one attached hydrogen (secondary N) is 1. The highest BCUT2D eigenvalue weighted by Gasteiger charge is 2.16. The Labute approximate surface area is 85.7 Å². The molecule has 0 bridgehead atoms. The van der Waals surface area contributed by atoms with Gasteiger partial charge >= 0.3 is 0 Å². The maximum Gasteiger partial charge on any atom is 0.0336 e. The van der Waals surface area contributed by atoms with E-state index < -0.39 is 0 Å². The zero-order valence-corrected chi connectivity index (χ0v) is 8.96. The quantitative estimate of drug-likeness (QED) is 0.775. The molecule has 0 spiro atoms. The van der Waals surface area contributed by atoms with Gasteiger partial charge in [-0.2, -0.15) is 0 Å². The number of hydrogen-bond acceptors (Lipinski definition) is 2. The predicted octanol–water partition coefficient (Wildman–Crippen LogP) is 2.63. The van der Waals surface area contributed by atoms with E-state index in [9.17, 15) is 0 Å². The van der Waals surface area contributed by atoms with Crippen molar-refractivity contribution in [1.82, 2.24) is 10.3 Å². The number of nitrogens with zero attached hydrogens (tertiary/aromatic N) is 1. The van der Waals surface area contributed by atoms with E-state index in [-0.39, 0.29) is 0 Å². The summed E-state index contributed by atoms with van der Waals surface area (Å²) >= 11 is 0. The molecule has 0 aliphatic carbocycles. The Hall–Kier alpha value is -0.890. The highest BCUT2D eigenvalue weighted by molar-refractivity contribution is 5.24. The van der Waals surface area contributed by atoms with Crippen LogP contribution >= 0.6 is 0 Å². The van der Waals surface area contributed by atoms with Gasteiger partial charge < -0.3 is 5.32 Å². The molecule has 0 amide bonds. The van der Waals surface area contributed by atoms with Gasteiger partial charge in [0.25, 0.3) is 0 Å². The third-order valence-electron chi connectivity index (χ3n) is 2.91. The van der Waals surface area contributed by atoms with Gasteiger partial charge in [0.1, 0.15) is 0 Å². The van der Waals surface area contributed by atoms with E-state index in [4.69, 9.17) is 0 Å². The van der Waals surface area contributed by atoms with E-state index in [2.05, 4.69) is 30.2 Å². The number of pyridine rings is 1. The molecule has 1 aliphatic heterocycles. The topological polar surface area (TPSA) is 24.9 Å². The van der Waals surface area contributed by atoms with Crippen LogP contribution in [0.4, 0.5) is 0 Å². The molecule has 2 rings (SSSR count). The first-order valence-electron chi connectivity index (χ1n) is 5.45. The summed E-state index contributed by atoms with van der Waals surface area (Å²) in [5.74, 6) is 0.573. The van der Waals surface area contributed by atoms with Gasteiger partial charge in [0.2, 0.25) is 0 Å². The second-order valence-corrected chi connectivity index (χ2v) is 4.36. The molecule has 1 aromatic rings. The van der Waals surface area contributed by atoms with Crippen molar-refractivity contribution in [2.75, 3.05) is 6.54 Å². The Morgan fingerprint density at radius 1 is 1.43 bits per heavy atom. The summed E-state index contributed by atoms with van der Waals surface area (Å²) in [5, 5.41) is 3.50. The summed E-state index contributed by atoms with van der Waals surface area (Å²) in [7, 11) is 0. The monoisotopic (exact) mass is 190 g/mol. The summed E-state index contributed by atoms with van der Waals surface area (Å²) < 4.78 is 0. The maximum absolute atomic E-state index is 4.31. The number of hydrogen-bond donors (Lipinski definition) is 1. The molecule has 1 aliphatic rings. The Balaban J connectivity index is 2.21. The normalized spacial score (nSPS) is 21.8. The van der Waals surface area contributed by atoms with Gasteiger partial charge in [-0.15, -0.1) is 0 Å². The van der Waals surface area contributed by atoms with Gasteiger partial charge in [-0.05, 0) is 36.4 Å². The Kier molecular flexibility index (Phi) is 2.82. The molecule has 2 nitrogen and oxygen atoms in total. The van der Waals surface area contributed by atoms with Crippen LogP contribution in [0.25, 0.3) is 0 Å². The van der Waals surface area contributed by atoms with Gasteiger partial charge in [-0.3, -0.25) is 4.98 Å². The molecule has 14 heavy (non-hydrogen) atoms. The van der Waals surface area contributed by atoms with Crippen molar-refractivity contribution in [3.8, 4) is 0 Å². The minimum atomic E-state index is 0.543. The van der Waals surface area contributed by atoms with Gasteiger partial charge in [-0.25, -0.2) is 0 Å². The predicted molar refractivity (Wildman–Crippen MR) is 58.3 cm³/mol. The number of rotatable bonds is 2. The Bertz CT molecular complexity index is 301. The van der Waals surface area contributed by atoms with Crippen molar-refractivity contribution in [2.24, 2.45) is 0 Å². The third kappa shape index (κ3) is 1.95. The van der Waals surface area contributed by atoms with Crippen LogP contribution in [0.15, 0.2) is 18.5 Å². The first-order chi connectivity index (χ1) is 6.77. The summed E-state index contributed by atoms with van der Waals surface area (Å²) in [5.41, 5.74) is 2.70. The van der Waals surface area contributed by atoms with Crippen molar-refractivity contribution in [3.63, 3.8) is 0 Å². The van der Waals surface area contributed by atoms with Crippen LogP contribution in [0.1, 0.15) is 49.8 Å². The molecule has 2 heteroatoms. The smallest absolute Gasteiger partial charge is 0.0336 e. The molecule has 1 unspecified atom stereocenters. The van der Waals surface area contributed by atoms with Crippen molar-refractivity contribution in [3.05, 3.63) is 29.6 Å². The van der Waals surface area contributed by atoms with Crippen LogP contribution in [-0.4, -0.2) is 11.5 Å². The minimum absolute atomic E-state index is 0.543. The molecular formula is C12H18N2. The molecule has 1 saturated heterocycles. The second kappa shape index (κ2) is 4.09. The fourth-order valence-electron chi connectivity index (χ4n) is 1.95. The fraction of sp³-hybridized carbons (Fsp3) is 0.583. The minimum Gasteiger partial charge on any atom is -0.310 e. The van der Waals surface area contributed by atoms with Crippen LogP contribution in [0, 0.1) is 0 Å². The standard InChI is InChI=1S/C12H18N2/c1-9(2)10-6-11(8-13-7-10)12-4-3-5-14-12/h6-9,12,14H,3-5H2,1-2H3. The van der Waals surface area contributed by atoms with E-state index >= 15 is 0 Å². The third-order valence-corrected chi connectivity index (χ3v) is 2.91. The molecule has 76 valence electrons. The van der Waals surface area contributed by atoms with Crippen LogP contribution in [0.2, 0.25) is 0 Å². The van der Waals surface area contributed by atoms with Crippen molar-refractivity contribution >= 4 is 0 Å². The molecule has 2 heterocycles.